The number of nitrogens with one attached hydrogen (secondary N) is 4. The van der Waals surface area contributed by atoms with Crippen LogP contribution >= 0.6 is 11.8 Å². The first kappa shape index (κ1) is 23.2. The maximum absolute atomic E-state index is 12.3. The number of carbonyl (C=O) groups is 4. The Bertz CT molecular complexity index is 539. The van der Waals surface area contributed by atoms with E-state index in [0.29, 0.717) is 12.2 Å². The van der Waals surface area contributed by atoms with Crippen LogP contribution in [0.2, 0.25) is 0 Å². The predicted molar refractivity (Wildman–Crippen MR) is 100 cm³/mol. The minimum absolute atomic E-state index is 0.215. The highest BCUT2D eigenvalue weighted by Gasteiger charge is 2.30. The molecule has 1 aliphatic rings. The van der Waals surface area contributed by atoms with Crippen LogP contribution in [-0.2, 0) is 19.2 Å². The Morgan fingerprint density at radius 1 is 1.26 bits per heavy atom. The zero-order chi connectivity index (χ0) is 20.4. The van der Waals surface area contributed by atoms with Crippen molar-refractivity contribution in [2.45, 2.75) is 50.4 Å². The fraction of sp³-hybridized carbons (Fsp3) is 0.750. The van der Waals surface area contributed by atoms with Gasteiger partial charge in [-0.1, -0.05) is 0 Å². The number of carboxylic acids is 1. The zero-order valence-electron chi connectivity index (χ0n) is 15.5. The third kappa shape index (κ3) is 8.14. The summed E-state index contributed by atoms with van der Waals surface area (Å²) in [6, 6.07) is -2.77. The van der Waals surface area contributed by atoms with Crippen LogP contribution in [0.5, 0.6) is 0 Å². The number of hydrogen-bond donors (Lipinski definition) is 6. The van der Waals surface area contributed by atoms with Gasteiger partial charge in [-0.25, -0.2) is 4.79 Å². The highest BCUT2D eigenvalue weighted by molar-refractivity contribution is 7.98. The van der Waals surface area contributed by atoms with Gasteiger partial charge in [0, 0.05) is 0 Å². The van der Waals surface area contributed by atoms with Crippen LogP contribution < -0.4 is 21.3 Å². The largest absolute Gasteiger partial charge is 0.480 e. The third-order valence-corrected chi connectivity index (χ3v) is 4.75. The summed E-state index contributed by atoms with van der Waals surface area (Å²) in [4.78, 5) is 47.4. The molecule has 0 aliphatic carbocycles. The molecule has 11 heteroatoms. The molecule has 0 aromatic carbocycles. The molecule has 0 spiro atoms. The Morgan fingerprint density at radius 2 is 1.96 bits per heavy atom. The van der Waals surface area contributed by atoms with Crippen molar-refractivity contribution in [2.24, 2.45) is 0 Å². The second-order valence-corrected chi connectivity index (χ2v) is 7.32. The zero-order valence-corrected chi connectivity index (χ0v) is 16.3. The fourth-order valence-corrected chi connectivity index (χ4v) is 3.05. The number of aliphatic carboxylic acids is 1. The Kier molecular flexibility index (Phi) is 10.1. The summed E-state index contributed by atoms with van der Waals surface area (Å²) in [6.07, 6.45) is 2.37. The summed E-state index contributed by atoms with van der Waals surface area (Å²) >= 11 is 1.44. The number of hydrogen-bond acceptors (Lipinski definition) is 7. The minimum Gasteiger partial charge on any atom is -0.480 e. The Balaban J connectivity index is 2.55. The van der Waals surface area contributed by atoms with E-state index in [9.17, 15) is 29.4 Å². The van der Waals surface area contributed by atoms with Crippen LogP contribution in [0.4, 0.5) is 0 Å². The van der Waals surface area contributed by atoms with E-state index in [2.05, 4.69) is 21.3 Å². The van der Waals surface area contributed by atoms with Gasteiger partial charge < -0.3 is 31.5 Å². The Hall–Kier alpha value is -1.85. The van der Waals surface area contributed by atoms with Crippen molar-refractivity contribution in [3.8, 4) is 0 Å². The van der Waals surface area contributed by atoms with Gasteiger partial charge in [0.2, 0.25) is 17.7 Å². The summed E-state index contributed by atoms with van der Waals surface area (Å²) in [7, 11) is 0. The summed E-state index contributed by atoms with van der Waals surface area (Å²) in [5.41, 5.74) is 0. The summed E-state index contributed by atoms with van der Waals surface area (Å²) < 4.78 is 0. The van der Waals surface area contributed by atoms with E-state index in [-0.39, 0.29) is 24.9 Å². The standard InChI is InChI=1S/C16H28N4O6S/c1-9(21)13(15(24)19-11(16(25)26)5-7-27-2)20-12(22)8-18-14(23)10-4-3-6-17-10/h9-11,13,17,21H,3-8H2,1-2H3,(H,18,23)(H,19,24)(H,20,22)(H,25,26). The van der Waals surface area contributed by atoms with Gasteiger partial charge in [0.1, 0.15) is 12.1 Å². The van der Waals surface area contributed by atoms with Crippen LogP contribution in [0.1, 0.15) is 26.2 Å². The molecular formula is C16H28N4O6S. The van der Waals surface area contributed by atoms with Gasteiger partial charge in [0.25, 0.3) is 0 Å². The molecule has 10 nitrogen and oxygen atoms in total. The Labute approximate surface area is 162 Å². The van der Waals surface area contributed by atoms with E-state index in [0.717, 1.165) is 13.0 Å². The molecule has 0 saturated carbocycles. The molecule has 1 rings (SSSR count). The SMILES string of the molecule is CSCCC(NC(=O)C(NC(=O)CNC(=O)C1CCCN1)C(C)O)C(=O)O. The number of thioether (sulfide) groups is 1. The van der Waals surface area contributed by atoms with Crippen LogP contribution in [0, 0.1) is 0 Å². The van der Waals surface area contributed by atoms with Gasteiger partial charge in [-0.15, -0.1) is 0 Å². The monoisotopic (exact) mass is 404 g/mol. The van der Waals surface area contributed by atoms with E-state index >= 15 is 0 Å². The first-order chi connectivity index (χ1) is 12.8. The minimum atomic E-state index is -1.32. The van der Waals surface area contributed by atoms with Gasteiger partial charge in [0.15, 0.2) is 0 Å². The van der Waals surface area contributed by atoms with Gasteiger partial charge in [-0.05, 0) is 44.7 Å². The molecule has 0 aromatic rings. The van der Waals surface area contributed by atoms with Crippen molar-refractivity contribution >= 4 is 35.5 Å². The van der Waals surface area contributed by atoms with Crippen molar-refractivity contribution in [1.29, 1.82) is 0 Å². The van der Waals surface area contributed by atoms with Gasteiger partial charge in [-0.3, -0.25) is 14.4 Å². The van der Waals surface area contributed by atoms with Gasteiger partial charge >= 0.3 is 5.97 Å². The molecule has 0 bridgehead atoms. The van der Waals surface area contributed by atoms with Gasteiger partial charge in [0.05, 0.1) is 18.7 Å². The van der Waals surface area contributed by atoms with Crippen LogP contribution in [0.15, 0.2) is 0 Å². The molecule has 4 unspecified atom stereocenters. The van der Waals surface area contributed by atoms with Crippen molar-refractivity contribution in [3.63, 3.8) is 0 Å². The molecule has 1 aliphatic heterocycles. The molecule has 0 aromatic heterocycles. The molecule has 27 heavy (non-hydrogen) atoms. The van der Waals surface area contributed by atoms with Crippen molar-refractivity contribution < 1.29 is 29.4 Å². The number of aliphatic hydroxyl groups excluding tert-OH is 1. The molecule has 1 saturated heterocycles. The second-order valence-electron chi connectivity index (χ2n) is 6.33. The van der Waals surface area contributed by atoms with E-state index in [1.807, 2.05) is 6.26 Å². The lowest BCUT2D eigenvalue weighted by Gasteiger charge is -2.23. The molecular weight excluding hydrogens is 376 g/mol. The molecule has 4 atom stereocenters. The van der Waals surface area contributed by atoms with E-state index < -0.39 is 36.0 Å². The average Bonchev–Trinajstić information content (AvgIpc) is 3.15. The maximum Gasteiger partial charge on any atom is 0.326 e. The number of amides is 3. The van der Waals surface area contributed by atoms with Crippen LogP contribution in [-0.4, -0.2) is 83.2 Å². The lowest BCUT2D eigenvalue weighted by atomic mass is 10.1. The van der Waals surface area contributed by atoms with Crippen LogP contribution in [0.3, 0.4) is 0 Å². The smallest absolute Gasteiger partial charge is 0.326 e. The van der Waals surface area contributed by atoms with E-state index in [4.69, 9.17) is 0 Å². The molecule has 6 N–H and O–H groups in total. The Morgan fingerprint density at radius 3 is 2.48 bits per heavy atom. The number of aliphatic hydroxyl groups is 1. The number of rotatable bonds is 11. The lowest BCUT2D eigenvalue weighted by molar-refractivity contribution is -0.143. The topological polar surface area (TPSA) is 157 Å². The molecule has 154 valence electrons. The van der Waals surface area contributed by atoms with E-state index in [1.165, 1.54) is 18.7 Å². The predicted octanol–water partition coefficient (Wildman–Crippen LogP) is -1.96. The van der Waals surface area contributed by atoms with Crippen molar-refractivity contribution in [3.05, 3.63) is 0 Å². The van der Waals surface area contributed by atoms with Crippen LogP contribution in [0.25, 0.3) is 0 Å². The highest BCUT2D eigenvalue weighted by atomic mass is 32.2. The quantitative estimate of drug-likeness (QED) is 0.232. The number of carboxylic acid groups (broad SMARTS) is 1. The fourth-order valence-electron chi connectivity index (χ4n) is 2.58. The van der Waals surface area contributed by atoms with Crippen molar-refractivity contribution in [1.82, 2.24) is 21.3 Å². The first-order valence-electron chi connectivity index (χ1n) is 8.77. The van der Waals surface area contributed by atoms with Gasteiger partial charge in [-0.2, -0.15) is 11.8 Å². The third-order valence-electron chi connectivity index (χ3n) is 4.11. The van der Waals surface area contributed by atoms with E-state index in [1.54, 1.807) is 0 Å². The lowest BCUT2D eigenvalue weighted by Crippen LogP contribution is -2.57. The molecule has 1 heterocycles. The summed E-state index contributed by atoms with van der Waals surface area (Å²) in [5.74, 6) is -2.41. The maximum atomic E-state index is 12.3. The average molecular weight is 404 g/mol. The normalized spacial score (nSPS) is 19.6. The second kappa shape index (κ2) is 11.8. The molecule has 3 amide bonds. The summed E-state index contributed by atoms with van der Waals surface area (Å²) in [5, 5.41) is 29.1. The molecule has 0 radical (unpaired) electrons. The highest BCUT2D eigenvalue weighted by Crippen LogP contribution is 2.04. The van der Waals surface area contributed by atoms with Crippen molar-refractivity contribution in [2.75, 3.05) is 25.1 Å². The molecule has 1 fully saturated rings. The summed E-state index contributed by atoms with van der Waals surface area (Å²) in [6.45, 7) is 1.71. The first-order valence-corrected chi connectivity index (χ1v) is 10.2. The number of carbonyl (C=O) groups excluding carboxylic acids is 3.